The molecule has 0 aliphatic carbocycles. The van der Waals surface area contributed by atoms with Crippen LogP contribution < -0.4 is 5.32 Å². The van der Waals surface area contributed by atoms with Gasteiger partial charge in [-0.05, 0) is 33.6 Å². The van der Waals surface area contributed by atoms with Gasteiger partial charge in [0, 0.05) is 31.8 Å². The smallest absolute Gasteiger partial charge is 0.273 e. The number of carbonyl (C=O) groups is 2. The zero-order chi connectivity index (χ0) is 16.1. The van der Waals surface area contributed by atoms with E-state index >= 15 is 0 Å². The molecular weight excluding hydrogens is 286 g/mol. The Hall–Kier alpha value is -1.89. The van der Waals surface area contributed by atoms with Crippen molar-refractivity contribution < 1.29 is 18.8 Å². The molecule has 2 heterocycles. The molecule has 1 N–H and O–H groups in total. The summed E-state index contributed by atoms with van der Waals surface area (Å²) in [5, 5.41) is 6.63. The zero-order valence-corrected chi connectivity index (χ0v) is 13.3. The molecule has 22 heavy (non-hydrogen) atoms. The number of aryl methyl sites for hydroxylation is 1. The van der Waals surface area contributed by atoms with E-state index in [1.807, 2.05) is 6.92 Å². The maximum Gasteiger partial charge on any atom is 0.273 e. The van der Waals surface area contributed by atoms with E-state index in [1.54, 1.807) is 24.8 Å². The van der Waals surface area contributed by atoms with Crippen LogP contribution in [0.4, 0.5) is 0 Å². The third-order valence-corrected chi connectivity index (χ3v) is 3.77. The first kappa shape index (κ1) is 16.5. The van der Waals surface area contributed by atoms with Crippen LogP contribution in [-0.2, 0) is 9.53 Å². The van der Waals surface area contributed by atoms with Gasteiger partial charge >= 0.3 is 0 Å². The Morgan fingerprint density at radius 1 is 1.50 bits per heavy atom. The summed E-state index contributed by atoms with van der Waals surface area (Å²) in [5.74, 6) is 0.388. The Balaban J connectivity index is 1.80. The van der Waals surface area contributed by atoms with Crippen molar-refractivity contribution in [3.8, 4) is 0 Å². The first-order valence-electron chi connectivity index (χ1n) is 7.65. The summed E-state index contributed by atoms with van der Waals surface area (Å²) in [6, 6.07) is 1.66. The van der Waals surface area contributed by atoms with E-state index in [1.165, 1.54) is 0 Å². The second-order valence-electron chi connectivity index (χ2n) is 5.49. The van der Waals surface area contributed by atoms with Crippen molar-refractivity contribution in [1.29, 1.82) is 0 Å². The molecule has 0 saturated carbocycles. The molecule has 1 aromatic rings. The Morgan fingerprint density at radius 3 is 2.73 bits per heavy atom. The highest BCUT2D eigenvalue weighted by atomic mass is 16.5. The van der Waals surface area contributed by atoms with E-state index in [-0.39, 0.29) is 17.9 Å². The Morgan fingerprint density at radius 2 is 2.18 bits per heavy atom. The van der Waals surface area contributed by atoms with Crippen LogP contribution in [0.1, 0.15) is 42.9 Å². The minimum atomic E-state index is -0.408. The van der Waals surface area contributed by atoms with Crippen molar-refractivity contribution in [2.45, 2.75) is 45.8 Å². The lowest BCUT2D eigenvalue weighted by molar-refractivity contribution is -0.143. The molecule has 0 spiro atoms. The summed E-state index contributed by atoms with van der Waals surface area (Å²) >= 11 is 0. The van der Waals surface area contributed by atoms with Crippen molar-refractivity contribution in [2.75, 3.05) is 19.7 Å². The van der Waals surface area contributed by atoms with E-state index in [4.69, 9.17) is 9.26 Å². The van der Waals surface area contributed by atoms with Gasteiger partial charge < -0.3 is 19.5 Å². The largest absolute Gasteiger partial charge is 0.369 e. The van der Waals surface area contributed by atoms with Crippen molar-refractivity contribution in [1.82, 2.24) is 15.4 Å². The number of rotatable bonds is 5. The van der Waals surface area contributed by atoms with Gasteiger partial charge in [0.1, 0.15) is 11.9 Å². The number of piperidine rings is 1. The summed E-state index contributed by atoms with van der Waals surface area (Å²) in [4.78, 5) is 25.9. The highest BCUT2D eigenvalue weighted by molar-refractivity contribution is 5.92. The fourth-order valence-corrected chi connectivity index (χ4v) is 2.56. The summed E-state index contributed by atoms with van der Waals surface area (Å²) in [5.41, 5.74) is 0.293. The second kappa shape index (κ2) is 7.40. The molecule has 2 amide bonds. The van der Waals surface area contributed by atoms with Crippen LogP contribution in [0.25, 0.3) is 0 Å². The molecule has 0 aromatic carbocycles. The number of ether oxygens (including phenoxy) is 1. The number of hydrogen-bond acceptors (Lipinski definition) is 5. The van der Waals surface area contributed by atoms with Gasteiger partial charge in [-0.15, -0.1) is 0 Å². The number of nitrogens with one attached hydrogen (secondary N) is 1. The Bertz CT molecular complexity index is 521. The number of carbonyl (C=O) groups excluding carboxylic acids is 2. The first-order valence-corrected chi connectivity index (χ1v) is 7.65. The minimum Gasteiger partial charge on any atom is -0.369 e. The molecule has 1 aromatic heterocycles. The molecule has 1 saturated heterocycles. The van der Waals surface area contributed by atoms with E-state index in [9.17, 15) is 9.59 Å². The lowest BCUT2D eigenvalue weighted by Gasteiger charge is -2.33. The maximum absolute atomic E-state index is 12.1. The second-order valence-corrected chi connectivity index (χ2v) is 5.49. The van der Waals surface area contributed by atoms with Crippen LogP contribution in [0.2, 0.25) is 0 Å². The average molecular weight is 309 g/mol. The molecule has 0 bridgehead atoms. The van der Waals surface area contributed by atoms with Gasteiger partial charge in [-0.25, -0.2) is 0 Å². The van der Waals surface area contributed by atoms with Crippen molar-refractivity contribution in [3.63, 3.8) is 0 Å². The first-order chi connectivity index (χ1) is 10.5. The SMILES string of the molecule is CCOC(C)C(=O)N1CCC(NC(=O)c2cc(C)on2)CC1. The molecule has 2 rings (SSSR count). The fourth-order valence-electron chi connectivity index (χ4n) is 2.56. The highest BCUT2D eigenvalue weighted by Crippen LogP contribution is 2.13. The molecule has 1 aliphatic heterocycles. The zero-order valence-electron chi connectivity index (χ0n) is 13.3. The summed E-state index contributed by atoms with van der Waals surface area (Å²) in [6.45, 7) is 7.16. The summed E-state index contributed by atoms with van der Waals surface area (Å²) in [7, 11) is 0. The van der Waals surface area contributed by atoms with Crippen molar-refractivity contribution >= 4 is 11.8 Å². The number of aromatic nitrogens is 1. The third-order valence-electron chi connectivity index (χ3n) is 3.77. The molecule has 7 heteroatoms. The Labute approximate surface area is 130 Å². The van der Waals surface area contributed by atoms with Gasteiger partial charge in [0.05, 0.1) is 0 Å². The lowest BCUT2D eigenvalue weighted by atomic mass is 10.0. The molecule has 1 aliphatic rings. The molecule has 1 atom stereocenters. The van der Waals surface area contributed by atoms with Crippen LogP contribution in [0, 0.1) is 6.92 Å². The van der Waals surface area contributed by atoms with E-state index in [0.717, 1.165) is 12.8 Å². The lowest BCUT2D eigenvalue weighted by Crippen LogP contribution is -2.49. The van der Waals surface area contributed by atoms with Gasteiger partial charge in [-0.1, -0.05) is 5.16 Å². The molecule has 7 nitrogen and oxygen atoms in total. The summed E-state index contributed by atoms with van der Waals surface area (Å²) in [6.07, 6.45) is 1.05. The highest BCUT2D eigenvalue weighted by Gasteiger charge is 2.27. The van der Waals surface area contributed by atoms with Gasteiger partial charge in [-0.2, -0.15) is 0 Å². The molecular formula is C15H23N3O4. The standard InChI is InChI=1S/C15H23N3O4/c1-4-21-11(3)15(20)18-7-5-12(6-8-18)16-14(19)13-9-10(2)22-17-13/h9,11-12H,4-8H2,1-3H3,(H,16,19). The van der Waals surface area contributed by atoms with E-state index < -0.39 is 6.10 Å². The topological polar surface area (TPSA) is 84.7 Å². The minimum absolute atomic E-state index is 0.0127. The Kier molecular flexibility index (Phi) is 5.54. The predicted octanol–water partition coefficient (Wildman–Crippen LogP) is 1.13. The van der Waals surface area contributed by atoms with E-state index in [0.29, 0.717) is 31.2 Å². The molecule has 122 valence electrons. The molecule has 1 fully saturated rings. The number of nitrogens with zero attached hydrogens (tertiary/aromatic N) is 2. The van der Waals surface area contributed by atoms with Crippen molar-refractivity contribution in [3.05, 3.63) is 17.5 Å². The fraction of sp³-hybridized carbons (Fsp3) is 0.667. The van der Waals surface area contributed by atoms with Crippen LogP contribution in [0.15, 0.2) is 10.6 Å². The molecule has 1 unspecified atom stereocenters. The van der Waals surface area contributed by atoms with Crippen LogP contribution in [-0.4, -0.2) is 53.7 Å². The molecule has 0 radical (unpaired) electrons. The quantitative estimate of drug-likeness (QED) is 0.881. The van der Waals surface area contributed by atoms with E-state index in [2.05, 4.69) is 10.5 Å². The number of hydrogen-bond donors (Lipinski definition) is 1. The number of likely N-dealkylation sites (tertiary alicyclic amines) is 1. The third kappa shape index (κ3) is 4.07. The maximum atomic E-state index is 12.1. The average Bonchev–Trinajstić information content (AvgIpc) is 2.94. The van der Waals surface area contributed by atoms with Crippen LogP contribution in [0.3, 0.4) is 0 Å². The van der Waals surface area contributed by atoms with Gasteiger partial charge in [-0.3, -0.25) is 9.59 Å². The monoisotopic (exact) mass is 309 g/mol. The van der Waals surface area contributed by atoms with Gasteiger partial charge in [0.2, 0.25) is 0 Å². The van der Waals surface area contributed by atoms with Crippen LogP contribution in [0.5, 0.6) is 0 Å². The van der Waals surface area contributed by atoms with Gasteiger partial charge in [0.25, 0.3) is 11.8 Å². The van der Waals surface area contributed by atoms with Gasteiger partial charge in [0.15, 0.2) is 5.69 Å². The van der Waals surface area contributed by atoms with Crippen molar-refractivity contribution in [2.24, 2.45) is 0 Å². The normalized spacial score (nSPS) is 17.3. The number of amides is 2. The van der Waals surface area contributed by atoms with Crippen LogP contribution >= 0.6 is 0 Å². The summed E-state index contributed by atoms with van der Waals surface area (Å²) < 4.78 is 10.2. The predicted molar refractivity (Wildman–Crippen MR) is 79.4 cm³/mol.